The van der Waals surface area contributed by atoms with Gasteiger partial charge < -0.3 is 10.1 Å². The van der Waals surface area contributed by atoms with Crippen molar-refractivity contribution in [2.45, 2.75) is 18.0 Å². The molecule has 26 heavy (non-hydrogen) atoms. The molecular weight excluding hydrogens is 371 g/mol. The summed E-state index contributed by atoms with van der Waals surface area (Å²) in [5.41, 5.74) is 0.627. The summed E-state index contributed by atoms with van der Waals surface area (Å²) in [5, 5.41) is 8.32. The maximum atomic E-state index is 6.63. The molecule has 3 aromatic rings. The highest BCUT2D eigenvalue weighted by atomic mass is 35.5. The van der Waals surface area contributed by atoms with E-state index in [1.54, 1.807) is 11.0 Å². The number of nitrogens with one attached hydrogen (secondary N) is 1. The van der Waals surface area contributed by atoms with Crippen molar-refractivity contribution < 1.29 is 4.74 Å². The zero-order valence-corrected chi connectivity index (χ0v) is 15.6. The van der Waals surface area contributed by atoms with Gasteiger partial charge in [0.15, 0.2) is 0 Å². The molecule has 2 atom stereocenters. The molecule has 136 valence electrons. The molecule has 0 saturated heterocycles. The van der Waals surface area contributed by atoms with Crippen molar-refractivity contribution in [2.75, 3.05) is 13.2 Å². The van der Waals surface area contributed by atoms with Crippen LogP contribution < -0.4 is 10.1 Å². The van der Waals surface area contributed by atoms with E-state index < -0.39 is 5.50 Å². The number of halogens is 2. The molecule has 0 saturated carbocycles. The number of nitrogens with zero attached hydrogens (tertiary/aromatic N) is 3. The van der Waals surface area contributed by atoms with Gasteiger partial charge >= 0.3 is 0 Å². The topological polar surface area (TPSA) is 52.0 Å². The number of hydrogen-bond acceptors (Lipinski definition) is 4. The maximum absolute atomic E-state index is 6.63. The zero-order chi connectivity index (χ0) is 18.2. The lowest BCUT2D eigenvalue weighted by atomic mass is 10.1. The first-order valence-corrected chi connectivity index (χ1v) is 9.20. The first-order chi connectivity index (χ1) is 12.7. The fourth-order valence-corrected chi connectivity index (χ4v) is 3.04. The van der Waals surface area contributed by atoms with E-state index in [-0.39, 0.29) is 6.04 Å². The summed E-state index contributed by atoms with van der Waals surface area (Å²) in [5.74, 6) is 0.875. The average Bonchev–Trinajstić information content (AvgIpc) is 3.21. The van der Waals surface area contributed by atoms with Crippen LogP contribution in [0.3, 0.4) is 0 Å². The molecule has 0 aliphatic heterocycles. The molecule has 0 aliphatic rings. The summed E-state index contributed by atoms with van der Waals surface area (Å²) in [7, 11) is 0. The number of benzene rings is 2. The summed E-state index contributed by atoms with van der Waals surface area (Å²) < 4.78 is 7.36. The first kappa shape index (κ1) is 18.7. The van der Waals surface area contributed by atoms with Gasteiger partial charge in [0.05, 0.1) is 12.6 Å². The molecule has 0 amide bonds. The van der Waals surface area contributed by atoms with E-state index >= 15 is 0 Å². The van der Waals surface area contributed by atoms with Crippen LogP contribution in [-0.4, -0.2) is 27.9 Å². The average molecular weight is 391 g/mol. The quantitative estimate of drug-likeness (QED) is 0.432. The van der Waals surface area contributed by atoms with Gasteiger partial charge in [-0.25, -0.2) is 9.67 Å². The third-order valence-corrected chi connectivity index (χ3v) is 4.59. The van der Waals surface area contributed by atoms with Crippen LogP contribution in [0.4, 0.5) is 0 Å². The van der Waals surface area contributed by atoms with Crippen LogP contribution in [0, 0.1) is 0 Å². The Labute approximate surface area is 162 Å². The van der Waals surface area contributed by atoms with Gasteiger partial charge in [-0.05, 0) is 42.8 Å². The molecule has 5 nitrogen and oxygen atoms in total. The van der Waals surface area contributed by atoms with E-state index in [2.05, 4.69) is 15.4 Å². The Morgan fingerprint density at radius 3 is 2.54 bits per heavy atom. The second-order valence-corrected chi connectivity index (χ2v) is 6.63. The molecule has 1 aromatic heterocycles. The SMILES string of the molecule is Clc1ccc(C(NCCCOc2ccccc2)C(Cl)n2cncn2)cc1. The summed E-state index contributed by atoms with van der Waals surface area (Å²) in [6, 6.07) is 17.3. The van der Waals surface area contributed by atoms with Crippen LogP contribution in [-0.2, 0) is 0 Å². The Morgan fingerprint density at radius 1 is 1.08 bits per heavy atom. The Balaban J connectivity index is 1.58. The first-order valence-electron chi connectivity index (χ1n) is 8.39. The minimum atomic E-state index is -0.409. The van der Waals surface area contributed by atoms with E-state index in [9.17, 15) is 0 Å². The molecule has 0 spiro atoms. The lowest BCUT2D eigenvalue weighted by Gasteiger charge is -2.24. The molecule has 1 N–H and O–H groups in total. The van der Waals surface area contributed by atoms with E-state index in [0.29, 0.717) is 11.6 Å². The van der Waals surface area contributed by atoms with Crippen LogP contribution in [0.5, 0.6) is 5.75 Å². The van der Waals surface area contributed by atoms with Gasteiger partial charge in [0.1, 0.15) is 23.9 Å². The zero-order valence-electron chi connectivity index (χ0n) is 14.1. The fourth-order valence-electron chi connectivity index (χ4n) is 2.58. The second kappa shape index (κ2) is 9.57. The Hall–Kier alpha value is -2.08. The van der Waals surface area contributed by atoms with E-state index in [4.69, 9.17) is 27.9 Å². The fraction of sp³-hybridized carbons (Fsp3) is 0.263. The lowest BCUT2D eigenvalue weighted by Crippen LogP contribution is -2.29. The van der Waals surface area contributed by atoms with Gasteiger partial charge in [-0.2, -0.15) is 5.10 Å². The number of alkyl halides is 1. The monoisotopic (exact) mass is 390 g/mol. The largest absolute Gasteiger partial charge is 0.494 e. The molecule has 7 heteroatoms. The van der Waals surface area contributed by atoms with Crippen molar-refractivity contribution in [3.8, 4) is 5.75 Å². The maximum Gasteiger partial charge on any atom is 0.146 e. The molecule has 3 rings (SSSR count). The van der Waals surface area contributed by atoms with Gasteiger partial charge in [0.25, 0.3) is 0 Å². The molecule has 1 heterocycles. The Morgan fingerprint density at radius 2 is 1.85 bits per heavy atom. The molecule has 2 aromatic carbocycles. The van der Waals surface area contributed by atoms with Crippen molar-refractivity contribution in [3.63, 3.8) is 0 Å². The highest BCUT2D eigenvalue weighted by Crippen LogP contribution is 2.29. The van der Waals surface area contributed by atoms with Crippen LogP contribution in [0.15, 0.2) is 67.3 Å². The molecule has 0 bridgehead atoms. The molecule has 2 unspecified atom stereocenters. The normalized spacial score (nSPS) is 13.3. The van der Waals surface area contributed by atoms with Crippen molar-refractivity contribution >= 4 is 23.2 Å². The summed E-state index contributed by atoms with van der Waals surface area (Å²) in [6.45, 7) is 1.37. The van der Waals surface area contributed by atoms with Crippen LogP contribution in [0.1, 0.15) is 23.5 Å². The van der Waals surface area contributed by atoms with Gasteiger partial charge in [-0.1, -0.05) is 53.5 Å². The van der Waals surface area contributed by atoms with Crippen LogP contribution in [0.2, 0.25) is 5.02 Å². The summed E-state index contributed by atoms with van der Waals surface area (Å²) >= 11 is 12.6. The minimum absolute atomic E-state index is 0.132. The summed E-state index contributed by atoms with van der Waals surface area (Å²) in [4.78, 5) is 3.98. The number of para-hydroxylation sites is 1. The minimum Gasteiger partial charge on any atom is -0.494 e. The molecule has 0 radical (unpaired) electrons. The predicted molar refractivity (Wildman–Crippen MR) is 104 cm³/mol. The van der Waals surface area contributed by atoms with Crippen molar-refractivity contribution in [1.82, 2.24) is 20.1 Å². The van der Waals surface area contributed by atoms with Crippen molar-refractivity contribution in [1.29, 1.82) is 0 Å². The van der Waals surface area contributed by atoms with Gasteiger partial charge in [-0.3, -0.25) is 0 Å². The predicted octanol–water partition coefficient (Wildman–Crippen LogP) is 4.47. The van der Waals surface area contributed by atoms with Crippen molar-refractivity contribution in [3.05, 3.63) is 77.8 Å². The highest BCUT2D eigenvalue weighted by Gasteiger charge is 2.23. The smallest absolute Gasteiger partial charge is 0.146 e. The molecule has 0 fully saturated rings. The van der Waals surface area contributed by atoms with Gasteiger partial charge in [-0.15, -0.1) is 0 Å². The molecule has 0 aliphatic carbocycles. The second-order valence-electron chi connectivity index (χ2n) is 5.75. The molecular formula is C19H20Cl2N4O. The Kier molecular flexibility index (Phi) is 6.89. The van der Waals surface area contributed by atoms with Crippen LogP contribution in [0.25, 0.3) is 0 Å². The third kappa shape index (κ3) is 5.21. The van der Waals surface area contributed by atoms with Gasteiger partial charge in [0, 0.05) is 5.02 Å². The van der Waals surface area contributed by atoms with E-state index in [1.807, 2.05) is 54.6 Å². The standard InChI is InChI=1S/C19H20Cl2N4O/c20-16-9-7-15(8-10-16)18(19(21)25-14-22-13-24-25)23-11-4-12-26-17-5-2-1-3-6-17/h1-3,5-10,13-14,18-19,23H,4,11-12H2. The van der Waals surface area contributed by atoms with E-state index in [0.717, 1.165) is 24.3 Å². The van der Waals surface area contributed by atoms with E-state index in [1.165, 1.54) is 6.33 Å². The third-order valence-electron chi connectivity index (χ3n) is 3.89. The van der Waals surface area contributed by atoms with Gasteiger partial charge in [0.2, 0.25) is 0 Å². The number of aromatic nitrogens is 3. The Bertz CT molecular complexity index is 766. The highest BCUT2D eigenvalue weighted by molar-refractivity contribution is 6.30. The number of rotatable bonds is 9. The van der Waals surface area contributed by atoms with Crippen molar-refractivity contribution in [2.24, 2.45) is 0 Å². The van der Waals surface area contributed by atoms with Crippen LogP contribution >= 0.6 is 23.2 Å². The lowest BCUT2D eigenvalue weighted by molar-refractivity contribution is 0.301. The summed E-state index contributed by atoms with van der Waals surface area (Å²) in [6.07, 6.45) is 3.93. The number of ether oxygens (including phenoxy) is 1. The number of hydrogen-bond donors (Lipinski definition) is 1.